The van der Waals surface area contributed by atoms with E-state index in [1.165, 1.54) is 6.07 Å². The minimum Gasteiger partial charge on any atom is -0.507 e. The number of aliphatic hydroxyl groups is 1. The molecule has 0 saturated heterocycles. The van der Waals surface area contributed by atoms with E-state index in [1.807, 2.05) is 0 Å². The molecule has 0 unspecified atom stereocenters. The number of rotatable bonds is 1. The van der Waals surface area contributed by atoms with Crippen LogP contribution in [0.25, 0.3) is 0 Å². The topological polar surface area (TPSA) is 40.5 Å². The second kappa shape index (κ2) is 3.56. The number of benzene rings is 1. The van der Waals surface area contributed by atoms with E-state index >= 15 is 0 Å². The van der Waals surface area contributed by atoms with Crippen molar-refractivity contribution in [3.05, 3.63) is 26.6 Å². The molecular weight excluding hydrogens is 276 g/mol. The minimum absolute atomic E-state index is 0.0819. The van der Waals surface area contributed by atoms with Crippen LogP contribution in [0.1, 0.15) is 5.56 Å². The second-order valence-electron chi connectivity index (χ2n) is 2.05. The molecule has 1 rings (SSSR count). The Kier molecular flexibility index (Phi) is 2.92. The Balaban J connectivity index is 3.21. The highest BCUT2D eigenvalue weighted by Crippen LogP contribution is 2.30. The standard InChI is InChI=1S/C7H6Br2O2/c8-5-2-6(9)7(11)1-4(5)3-10/h1-2,10-11H,3H2. The summed E-state index contributed by atoms with van der Waals surface area (Å²) in [6.45, 7) is -0.0819. The molecule has 0 bridgehead atoms. The van der Waals surface area contributed by atoms with Gasteiger partial charge in [-0.1, -0.05) is 15.9 Å². The summed E-state index contributed by atoms with van der Waals surface area (Å²) >= 11 is 6.39. The Morgan fingerprint density at radius 1 is 1.18 bits per heavy atom. The third kappa shape index (κ3) is 1.95. The molecule has 2 nitrogen and oxygen atoms in total. The van der Waals surface area contributed by atoms with Crippen molar-refractivity contribution in [1.82, 2.24) is 0 Å². The molecule has 4 heteroatoms. The van der Waals surface area contributed by atoms with Crippen LogP contribution in [0.5, 0.6) is 5.75 Å². The van der Waals surface area contributed by atoms with Gasteiger partial charge in [-0.3, -0.25) is 0 Å². The molecule has 0 aromatic heterocycles. The Hall–Kier alpha value is -0.0600. The third-order valence-corrected chi connectivity index (χ3v) is 2.66. The molecule has 0 atom stereocenters. The van der Waals surface area contributed by atoms with Gasteiger partial charge >= 0.3 is 0 Å². The van der Waals surface area contributed by atoms with Crippen molar-refractivity contribution in [2.45, 2.75) is 6.61 Å². The first-order valence-electron chi connectivity index (χ1n) is 2.93. The fourth-order valence-electron chi connectivity index (χ4n) is 0.702. The predicted octanol–water partition coefficient (Wildman–Crippen LogP) is 2.41. The molecule has 1 aromatic carbocycles. The van der Waals surface area contributed by atoms with Crippen LogP contribution in [0.15, 0.2) is 21.1 Å². The number of aromatic hydroxyl groups is 1. The normalized spacial score (nSPS) is 10.1. The van der Waals surface area contributed by atoms with Crippen molar-refractivity contribution in [2.75, 3.05) is 0 Å². The quantitative estimate of drug-likeness (QED) is 0.830. The van der Waals surface area contributed by atoms with Crippen molar-refractivity contribution in [3.8, 4) is 5.75 Å². The van der Waals surface area contributed by atoms with Gasteiger partial charge in [0.15, 0.2) is 0 Å². The van der Waals surface area contributed by atoms with E-state index in [4.69, 9.17) is 5.11 Å². The van der Waals surface area contributed by atoms with Gasteiger partial charge in [0.2, 0.25) is 0 Å². The van der Waals surface area contributed by atoms with Crippen molar-refractivity contribution < 1.29 is 10.2 Å². The van der Waals surface area contributed by atoms with E-state index < -0.39 is 0 Å². The molecule has 2 N–H and O–H groups in total. The van der Waals surface area contributed by atoms with E-state index in [-0.39, 0.29) is 12.4 Å². The number of phenolic OH excluding ortho intramolecular Hbond substituents is 1. The van der Waals surface area contributed by atoms with E-state index in [2.05, 4.69) is 31.9 Å². The average Bonchev–Trinajstić information content (AvgIpc) is 1.97. The number of aliphatic hydroxyl groups excluding tert-OH is 1. The van der Waals surface area contributed by atoms with E-state index in [0.29, 0.717) is 10.0 Å². The average molecular weight is 282 g/mol. The molecule has 60 valence electrons. The van der Waals surface area contributed by atoms with Crippen LogP contribution >= 0.6 is 31.9 Å². The third-order valence-electron chi connectivity index (χ3n) is 1.29. The van der Waals surface area contributed by atoms with Gasteiger partial charge in [0, 0.05) is 4.47 Å². The number of halogens is 2. The van der Waals surface area contributed by atoms with Gasteiger partial charge in [-0.05, 0) is 33.6 Å². The van der Waals surface area contributed by atoms with Gasteiger partial charge in [-0.15, -0.1) is 0 Å². The lowest BCUT2D eigenvalue weighted by atomic mass is 10.2. The lowest BCUT2D eigenvalue weighted by Gasteiger charge is -2.02. The summed E-state index contributed by atoms with van der Waals surface area (Å²) in [5.74, 6) is 0.136. The summed E-state index contributed by atoms with van der Waals surface area (Å²) in [5, 5.41) is 18.0. The van der Waals surface area contributed by atoms with Crippen molar-refractivity contribution in [1.29, 1.82) is 0 Å². The molecule has 0 aliphatic carbocycles. The molecule has 0 spiro atoms. The van der Waals surface area contributed by atoms with E-state index in [1.54, 1.807) is 6.07 Å². The maximum Gasteiger partial charge on any atom is 0.130 e. The maximum absolute atomic E-state index is 9.18. The van der Waals surface area contributed by atoms with Crippen LogP contribution in [0.2, 0.25) is 0 Å². The number of hydrogen-bond donors (Lipinski definition) is 2. The van der Waals surface area contributed by atoms with Crippen LogP contribution in [0.4, 0.5) is 0 Å². The van der Waals surface area contributed by atoms with Crippen LogP contribution in [-0.4, -0.2) is 10.2 Å². The molecule has 11 heavy (non-hydrogen) atoms. The van der Waals surface area contributed by atoms with Crippen LogP contribution in [-0.2, 0) is 6.61 Å². The van der Waals surface area contributed by atoms with Crippen molar-refractivity contribution >= 4 is 31.9 Å². The lowest BCUT2D eigenvalue weighted by Crippen LogP contribution is -1.84. The molecule has 0 radical (unpaired) electrons. The first kappa shape index (κ1) is 9.03. The zero-order chi connectivity index (χ0) is 8.43. The van der Waals surface area contributed by atoms with Crippen LogP contribution in [0.3, 0.4) is 0 Å². The SMILES string of the molecule is OCc1cc(O)c(Br)cc1Br. The van der Waals surface area contributed by atoms with E-state index in [9.17, 15) is 5.11 Å². The largest absolute Gasteiger partial charge is 0.507 e. The Morgan fingerprint density at radius 2 is 1.82 bits per heavy atom. The van der Waals surface area contributed by atoms with Crippen molar-refractivity contribution in [2.24, 2.45) is 0 Å². The fourth-order valence-corrected chi connectivity index (χ4v) is 1.82. The molecule has 0 fully saturated rings. The lowest BCUT2D eigenvalue weighted by molar-refractivity contribution is 0.280. The van der Waals surface area contributed by atoms with Gasteiger partial charge in [-0.25, -0.2) is 0 Å². The maximum atomic E-state index is 9.18. The summed E-state index contributed by atoms with van der Waals surface area (Å²) in [6, 6.07) is 3.20. The van der Waals surface area contributed by atoms with Gasteiger partial charge in [-0.2, -0.15) is 0 Å². The Bertz CT molecular complexity index is 273. The molecule has 0 amide bonds. The Labute approximate surface area is 81.1 Å². The zero-order valence-electron chi connectivity index (χ0n) is 5.51. The predicted molar refractivity (Wildman–Crippen MR) is 49.4 cm³/mol. The fraction of sp³-hybridized carbons (Fsp3) is 0.143. The highest BCUT2D eigenvalue weighted by atomic mass is 79.9. The van der Waals surface area contributed by atoms with Crippen molar-refractivity contribution in [3.63, 3.8) is 0 Å². The number of hydrogen-bond acceptors (Lipinski definition) is 2. The second-order valence-corrected chi connectivity index (χ2v) is 3.76. The van der Waals surface area contributed by atoms with Crippen LogP contribution in [0, 0.1) is 0 Å². The molecule has 0 aliphatic heterocycles. The van der Waals surface area contributed by atoms with Crippen LogP contribution < -0.4 is 0 Å². The Morgan fingerprint density at radius 3 is 2.36 bits per heavy atom. The summed E-state index contributed by atoms with van der Waals surface area (Å²) in [6.07, 6.45) is 0. The molecular formula is C7H6Br2O2. The minimum atomic E-state index is -0.0819. The number of phenols is 1. The molecule has 0 saturated carbocycles. The monoisotopic (exact) mass is 280 g/mol. The van der Waals surface area contributed by atoms with Gasteiger partial charge in [0.25, 0.3) is 0 Å². The summed E-state index contributed by atoms with van der Waals surface area (Å²) in [4.78, 5) is 0. The van der Waals surface area contributed by atoms with Gasteiger partial charge in [0.1, 0.15) is 5.75 Å². The van der Waals surface area contributed by atoms with E-state index in [0.717, 1.165) is 4.47 Å². The van der Waals surface area contributed by atoms with Gasteiger partial charge < -0.3 is 10.2 Å². The highest BCUT2D eigenvalue weighted by molar-refractivity contribution is 9.11. The first-order valence-corrected chi connectivity index (χ1v) is 4.51. The zero-order valence-corrected chi connectivity index (χ0v) is 8.68. The summed E-state index contributed by atoms with van der Waals surface area (Å²) in [7, 11) is 0. The molecule has 0 aliphatic rings. The highest BCUT2D eigenvalue weighted by Gasteiger charge is 2.03. The smallest absolute Gasteiger partial charge is 0.130 e. The summed E-state index contributed by atoms with van der Waals surface area (Å²) < 4.78 is 1.39. The summed E-state index contributed by atoms with van der Waals surface area (Å²) in [5.41, 5.74) is 0.672. The van der Waals surface area contributed by atoms with Gasteiger partial charge in [0.05, 0.1) is 11.1 Å². The molecule has 0 heterocycles. The molecule has 1 aromatic rings. The first-order chi connectivity index (χ1) is 5.15.